The van der Waals surface area contributed by atoms with Crippen LogP contribution in [0.2, 0.25) is 0 Å². The molecule has 0 heterocycles. The number of halogens is 6. The van der Waals surface area contributed by atoms with Crippen molar-refractivity contribution >= 4 is 11.4 Å². The number of nitrogens with two attached hydrogens (primary N) is 2. The normalized spacial score (nSPS) is 13.7. The Labute approximate surface area is 97.0 Å². The molecule has 0 spiro atoms. The lowest BCUT2D eigenvalue weighted by Crippen LogP contribution is -2.54. The van der Waals surface area contributed by atoms with Gasteiger partial charge in [-0.1, -0.05) is 0 Å². The third kappa shape index (κ3) is 2.05. The molecule has 18 heavy (non-hydrogen) atoms. The van der Waals surface area contributed by atoms with E-state index < -0.39 is 29.2 Å². The van der Waals surface area contributed by atoms with Crippen LogP contribution in [-0.2, 0) is 5.60 Å². The van der Waals surface area contributed by atoms with Gasteiger partial charge in [-0.2, -0.15) is 26.3 Å². The van der Waals surface area contributed by atoms with E-state index in [0.717, 1.165) is 12.1 Å². The molecule has 102 valence electrons. The molecule has 3 nitrogen and oxygen atoms in total. The van der Waals surface area contributed by atoms with E-state index in [0.29, 0.717) is 6.07 Å². The van der Waals surface area contributed by atoms with E-state index in [4.69, 9.17) is 16.6 Å². The highest BCUT2D eigenvalue weighted by atomic mass is 19.4. The second-order valence-corrected chi connectivity index (χ2v) is 3.55. The van der Waals surface area contributed by atoms with E-state index in [-0.39, 0.29) is 5.69 Å². The largest absolute Gasteiger partial charge is 0.430 e. The van der Waals surface area contributed by atoms with Gasteiger partial charge in [0.05, 0.1) is 0 Å². The fourth-order valence-electron chi connectivity index (χ4n) is 1.35. The molecule has 0 aliphatic carbocycles. The molecular formula is C9H8F6N2O. The summed E-state index contributed by atoms with van der Waals surface area (Å²) >= 11 is 0. The van der Waals surface area contributed by atoms with Gasteiger partial charge in [0.25, 0.3) is 5.60 Å². The summed E-state index contributed by atoms with van der Waals surface area (Å²) in [6.45, 7) is 0. The second-order valence-electron chi connectivity index (χ2n) is 3.55. The van der Waals surface area contributed by atoms with Crippen LogP contribution in [0.25, 0.3) is 0 Å². The first kappa shape index (κ1) is 14.4. The standard InChI is InChI=1S/C9H8F6N2O/c10-8(11,12)7(18,9(13,14)15)5-3-4(16)1-2-6(5)17/h1-3,18H,16-17H2. The Morgan fingerprint density at radius 2 is 1.33 bits per heavy atom. The SMILES string of the molecule is Nc1ccc(N)c(C(O)(C(F)(F)F)C(F)(F)F)c1. The summed E-state index contributed by atoms with van der Waals surface area (Å²) in [5, 5.41) is 9.08. The van der Waals surface area contributed by atoms with Crippen molar-refractivity contribution in [3.05, 3.63) is 23.8 Å². The van der Waals surface area contributed by atoms with Crippen molar-refractivity contribution < 1.29 is 31.4 Å². The van der Waals surface area contributed by atoms with Crippen LogP contribution in [0.15, 0.2) is 18.2 Å². The number of anilines is 2. The highest BCUT2D eigenvalue weighted by Crippen LogP contribution is 2.51. The van der Waals surface area contributed by atoms with Gasteiger partial charge in [-0.25, -0.2) is 0 Å². The molecular weight excluding hydrogens is 266 g/mol. The van der Waals surface area contributed by atoms with Crippen LogP contribution in [0.3, 0.4) is 0 Å². The highest BCUT2D eigenvalue weighted by molar-refractivity contribution is 5.58. The Morgan fingerprint density at radius 3 is 1.72 bits per heavy atom. The topological polar surface area (TPSA) is 72.3 Å². The van der Waals surface area contributed by atoms with Crippen LogP contribution in [-0.4, -0.2) is 17.5 Å². The fraction of sp³-hybridized carbons (Fsp3) is 0.333. The van der Waals surface area contributed by atoms with Gasteiger partial charge in [-0.15, -0.1) is 0 Å². The van der Waals surface area contributed by atoms with E-state index in [1.165, 1.54) is 0 Å². The summed E-state index contributed by atoms with van der Waals surface area (Å²) in [7, 11) is 0. The molecule has 0 bridgehead atoms. The van der Waals surface area contributed by atoms with Crippen molar-refractivity contribution in [2.45, 2.75) is 18.0 Å². The molecule has 0 saturated heterocycles. The zero-order chi connectivity index (χ0) is 14.4. The maximum absolute atomic E-state index is 12.5. The zero-order valence-corrected chi connectivity index (χ0v) is 8.60. The smallest absolute Gasteiger partial charge is 0.399 e. The molecule has 9 heteroatoms. The average Bonchev–Trinajstić information content (AvgIpc) is 2.17. The number of hydrogen-bond donors (Lipinski definition) is 3. The molecule has 0 aliphatic rings. The van der Waals surface area contributed by atoms with Crippen LogP contribution in [0.1, 0.15) is 5.56 Å². The van der Waals surface area contributed by atoms with E-state index >= 15 is 0 Å². The molecule has 0 unspecified atom stereocenters. The molecule has 0 saturated carbocycles. The minimum absolute atomic E-state index is 0.344. The van der Waals surface area contributed by atoms with Gasteiger partial charge in [0.2, 0.25) is 0 Å². The molecule has 0 fully saturated rings. The van der Waals surface area contributed by atoms with E-state index in [1.807, 2.05) is 0 Å². The summed E-state index contributed by atoms with van der Waals surface area (Å²) in [4.78, 5) is 0. The lowest BCUT2D eigenvalue weighted by molar-refractivity contribution is -0.375. The van der Waals surface area contributed by atoms with Crippen molar-refractivity contribution in [2.75, 3.05) is 11.5 Å². The van der Waals surface area contributed by atoms with Crippen molar-refractivity contribution in [2.24, 2.45) is 0 Å². The van der Waals surface area contributed by atoms with Crippen molar-refractivity contribution in [3.8, 4) is 0 Å². The Kier molecular flexibility index (Phi) is 3.16. The molecule has 5 N–H and O–H groups in total. The molecule has 1 aromatic carbocycles. The highest BCUT2D eigenvalue weighted by Gasteiger charge is 2.72. The minimum atomic E-state index is -5.98. The van der Waals surface area contributed by atoms with E-state index in [2.05, 4.69) is 0 Å². The molecule has 0 radical (unpaired) electrons. The molecule has 0 aromatic heterocycles. The quantitative estimate of drug-likeness (QED) is 0.543. The van der Waals surface area contributed by atoms with Crippen LogP contribution < -0.4 is 11.5 Å². The summed E-state index contributed by atoms with van der Waals surface area (Å²) in [6.07, 6.45) is -12.0. The van der Waals surface area contributed by atoms with Gasteiger partial charge in [0, 0.05) is 16.9 Å². The second kappa shape index (κ2) is 3.94. The van der Waals surface area contributed by atoms with Crippen LogP contribution in [0, 0.1) is 0 Å². The summed E-state index contributed by atoms with van der Waals surface area (Å²) in [5.41, 5.74) is 2.32. The number of aliphatic hydroxyl groups is 1. The minimum Gasteiger partial charge on any atom is -0.399 e. The first-order valence-corrected chi connectivity index (χ1v) is 4.42. The number of rotatable bonds is 1. The van der Waals surface area contributed by atoms with Gasteiger partial charge < -0.3 is 16.6 Å². The Balaban J connectivity index is 3.61. The first-order valence-electron chi connectivity index (χ1n) is 4.42. The third-order valence-electron chi connectivity index (χ3n) is 2.29. The summed E-state index contributed by atoms with van der Waals surface area (Å²) < 4.78 is 75.2. The zero-order valence-electron chi connectivity index (χ0n) is 8.60. The maximum Gasteiger partial charge on any atom is 0.430 e. The fourth-order valence-corrected chi connectivity index (χ4v) is 1.35. The lowest BCUT2D eigenvalue weighted by atomic mass is 9.90. The predicted molar refractivity (Wildman–Crippen MR) is 51.3 cm³/mol. The molecule has 0 aliphatic heterocycles. The van der Waals surface area contributed by atoms with Crippen molar-refractivity contribution in [1.29, 1.82) is 0 Å². The van der Waals surface area contributed by atoms with Gasteiger partial charge in [-0.05, 0) is 18.2 Å². The lowest BCUT2D eigenvalue weighted by Gasteiger charge is -2.33. The van der Waals surface area contributed by atoms with E-state index in [9.17, 15) is 26.3 Å². The Hall–Kier alpha value is -1.64. The van der Waals surface area contributed by atoms with Gasteiger partial charge in [-0.3, -0.25) is 0 Å². The van der Waals surface area contributed by atoms with Crippen LogP contribution in [0.4, 0.5) is 37.7 Å². The van der Waals surface area contributed by atoms with Crippen LogP contribution >= 0.6 is 0 Å². The van der Waals surface area contributed by atoms with Crippen molar-refractivity contribution in [1.82, 2.24) is 0 Å². The first-order chi connectivity index (χ1) is 7.91. The third-order valence-corrected chi connectivity index (χ3v) is 2.29. The predicted octanol–water partition coefficient (Wildman–Crippen LogP) is 2.16. The number of alkyl halides is 6. The monoisotopic (exact) mass is 274 g/mol. The summed E-state index contributed by atoms with van der Waals surface area (Å²) in [5.74, 6) is 0. The average molecular weight is 274 g/mol. The molecule has 1 aromatic rings. The van der Waals surface area contributed by atoms with Gasteiger partial charge in [0.1, 0.15) is 0 Å². The van der Waals surface area contributed by atoms with Crippen molar-refractivity contribution in [3.63, 3.8) is 0 Å². The number of nitrogen functional groups attached to an aromatic ring is 2. The van der Waals surface area contributed by atoms with E-state index in [1.54, 1.807) is 0 Å². The number of benzene rings is 1. The summed E-state index contributed by atoms with van der Waals surface area (Å²) in [6, 6.07) is 2.12. The molecule has 1 rings (SSSR count). The molecule has 0 atom stereocenters. The Bertz CT molecular complexity index is 439. The maximum atomic E-state index is 12.5. The van der Waals surface area contributed by atoms with Gasteiger partial charge in [0.15, 0.2) is 0 Å². The van der Waals surface area contributed by atoms with Crippen LogP contribution in [0.5, 0.6) is 0 Å². The Morgan fingerprint density at radius 1 is 0.889 bits per heavy atom. The molecule has 0 amide bonds. The number of hydrogen-bond acceptors (Lipinski definition) is 3. The van der Waals surface area contributed by atoms with Gasteiger partial charge >= 0.3 is 12.4 Å².